The Labute approximate surface area is 138 Å². The summed E-state index contributed by atoms with van der Waals surface area (Å²) in [6, 6.07) is 17.7. The topological polar surface area (TPSA) is 15.8 Å². The fourth-order valence-electron chi connectivity index (χ4n) is 3.53. The number of hydrogen-bond acceptors (Lipinski definition) is 0. The lowest BCUT2D eigenvalue weighted by atomic mass is 9.85. The van der Waals surface area contributed by atoms with Crippen molar-refractivity contribution in [1.29, 1.82) is 0 Å². The molecule has 0 fully saturated rings. The average molecular weight is 301 g/mol. The van der Waals surface area contributed by atoms with Gasteiger partial charge in [-0.3, -0.25) is 0 Å². The second-order valence-corrected chi connectivity index (χ2v) is 7.56. The van der Waals surface area contributed by atoms with Crippen LogP contribution in [-0.4, -0.2) is 4.98 Å². The SMILES string of the molecule is CC(C)(C)c1ccc(C2=Cc3[nH]c4ccccc4c3CC2)cc1. The second kappa shape index (κ2) is 5.13. The number of para-hydroxylation sites is 1. The maximum absolute atomic E-state index is 3.58. The zero-order valence-corrected chi connectivity index (χ0v) is 14.1. The monoisotopic (exact) mass is 301 g/mol. The van der Waals surface area contributed by atoms with Crippen molar-refractivity contribution in [1.82, 2.24) is 4.98 Å². The molecule has 1 N–H and O–H groups in total. The number of aromatic nitrogens is 1. The summed E-state index contributed by atoms with van der Waals surface area (Å²) >= 11 is 0. The molecule has 1 aromatic heterocycles. The predicted molar refractivity (Wildman–Crippen MR) is 99.6 cm³/mol. The fourth-order valence-corrected chi connectivity index (χ4v) is 3.53. The number of allylic oxidation sites excluding steroid dienone is 1. The minimum atomic E-state index is 0.212. The molecule has 1 aliphatic rings. The van der Waals surface area contributed by atoms with Crippen molar-refractivity contribution in [3.63, 3.8) is 0 Å². The Bertz CT molecular complexity index is 886. The van der Waals surface area contributed by atoms with E-state index in [4.69, 9.17) is 0 Å². The number of benzene rings is 2. The highest BCUT2D eigenvalue weighted by Crippen LogP contribution is 2.35. The minimum Gasteiger partial charge on any atom is -0.355 e. The van der Waals surface area contributed by atoms with Gasteiger partial charge < -0.3 is 4.98 Å². The van der Waals surface area contributed by atoms with Crippen LogP contribution in [0.2, 0.25) is 0 Å². The molecule has 0 bridgehead atoms. The van der Waals surface area contributed by atoms with Gasteiger partial charge in [0.1, 0.15) is 0 Å². The second-order valence-electron chi connectivity index (χ2n) is 7.56. The lowest BCUT2D eigenvalue weighted by Crippen LogP contribution is -2.10. The third-order valence-electron chi connectivity index (χ3n) is 4.93. The molecule has 116 valence electrons. The Morgan fingerprint density at radius 3 is 2.35 bits per heavy atom. The molecule has 0 spiro atoms. The van der Waals surface area contributed by atoms with Gasteiger partial charge in [-0.25, -0.2) is 0 Å². The summed E-state index contributed by atoms with van der Waals surface area (Å²) in [6.45, 7) is 6.79. The molecule has 3 aromatic rings. The average Bonchev–Trinajstić information content (AvgIpc) is 2.92. The van der Waals surface area contributed by atoms with Gasteiger partial charge in [0, 0.05) is 16.6 Å². The summed E-state index contributed by atoms with van der Waals surface area (Å²) in [5, 5.41) is 1.38. The summed E-state index contributed by atoms with van der Waals surface area (Å²) in [7, 11) is 0. The Balaban J connectivity index is 1.73. The number of H-pyrrole nitrogens is 1. The quantitative estimate of drug-likeness (QED) is 0.571. The number of nitrogens with one attached hydrogen (secondary N) is 1. The molecule has 0 saturated heterocycles. The third kappa shape index (κ3) is 2.50. The largest absolute Gasteiger partial charge is 0.355 e. The maximum atomic E-state index is 3.58. The first-order valence-electron chi connectivity index (χ1n) is 8.43. The van der Waals surface area contributed by atoms with Gasteiger partial charge in [-0.15, -0.1) is 0 Å². The van der Waals surface area contributed by atoms with E-state index in [0.29, 0.717) is 0 Å². The highest BCUT2D eigenvalue weighted by molar-refractivity contribution is 5.93. The molecule has 1 heterocycles. The summed E-state index contributed by atoms with van der Waals surface area (Å²) in [5.41, 5.74) is 8.39. The predicted octanol–water partition coefficient (Wildman–Crippen LogP) is 5.95. The van der Waals surface area contributed by atoms with Crippen molar-refractivity contribution in [2.45, 2.75) is 39.0 Å². The molecule has 1 heteroatoms. The lowest BCUT2D eigenvalue weighted by Gasteiger charge is -2.20. The molecule has 0 atom stereocenters. The highest BCUT2D eigenvalue weighted by atomic mass is 14.7. The molecule has 1 nitrogen and oxygen atoms in total. The van der Waals surface area contributed by atoms with Crippen molar-refractivity contribution in [2.75, 3.05) is 0 Å². The maximum Gasteiger partial charge on any atom is 0.0461 e. The van der Waals surface area contributed by atoms with E-state index in [-0.39, 0.29) is 5.41 Å². The molecule has 0 saturated carbocycles. The van der Waals surface area contributed by atoms with Crippen LogP contribution in [0.1, 0.15) is 49.6 Å². The van der Waals surface area contributed by atoms with Gasteiger partial charge in [0.2, 0.25) is 0 Å². The first-order chi connectivity index (χ1) is 11.0. The van der Waals surface area contributed by atoms with Crippen LogP contribution < -0.4 is 0 Å². The van der Waals surface area contributed by atoms with Crippen LogP contribution in [0.15, 0.2) is 48.5 Å². The van der Waals surface area contributed by atoms with E-state index in [9.17, 15) is 0 Å². The lowest BCUT2D eigenvalue weighted by molar-refractivity contribution is 0.590. The third-order valence-corrected chi connectivity index (χ3v) is 4.93. The Morgan fingerprint density at radius 1 is 0.870 bits per heavy atom. The highest BCUT2D eigenvalue weighted by Gasteiger charge is 2.17. The van der Waals surface area contributed by atoms with Gasteiger partial charge in [0.15, 0.2) is 0 Å². The van der Waals surface area contributed by atoms with Crippen molar-refractivity contribution < 1.29 is 0 Å². The van der Waals surface area contributed by atoms with Gasteiger partial charge in [-0.05, 0) is 52.7 Å². The van der Waals surface area contributed by atoms with Crippen molar-refractivity contribution in [2.24, 2.45) is 0 Å². The standard InChI is InChI=1S/C22H23N/c1-22(2,3)17-11-8-15(9-12-17)16-10-13-19-18-6-4-5-7-20(18)23-21(19)14-16/h4-9,11-12,14,23H,10,13H2,1-3H3. The molecule has 4 rings (SSSR count). The van der Waals surface area contributed by atoms with Crippen LogP contribution in [-0.2, 0) is 11.8 Å². The van der Waals surface area contributed by atoms with Gasteiger partial charge in [0.25, 0.3) is 0 Å². The smallest absolute Gasteiger partial charge is 0.0461 e. The molecule has 1 aliphatic carbocycles. The number of hydrogen-bond donors (Lipinski definition) is 1. The van der Waals surface area contributed by atoms with E-state index >= 15 is 0 Å². The Kier molecular flexibility index (Phi) is 3.19. The summed E-state index contributed by atoms with van der Waals surface area (Å²) < 4.78 is 0. The normalized spacial score (nSPS) is 14.7. The van der Waals surface area contributed by atoms with E-state index in [1.165, 1.54) is 38.9 Å². The van der Waals surface area contributed by atoms with Crippen molar-refractivity contribution in [3.8, 4) is 0 Å². The Hall–Kier alpha value is -2.28. The van der Waals surface area contributed by atoms with Gasteiger partial charge in [-0.1, -0.05) is 63.2 Å². The minimum absolute atomic E-state index is 0.212. The van der Waals surface area contributed by atoms with Crippen LogP contribution in [0.5, 0.6) is 0 Å². The van der Waals surface area contributed by atoms with E-state index in [1.807, 2.05) is 0 Å². The zero-order chi connectivity index (χ0) is 16.0. The molecule has 0 aliphatic heterocycles. The van der Waals surface area contributed by atoms with Crippen LogP contribution in [0, 0.1) is 0 Å². The molecule has 0 amide bonds. The summed E-state index contributed by atoms with van der Waals surface area (Å²) in [4.78, 5) is 3.58. The molecule has 2 aromatic carbocycles. The zero-order valence-electron chi connectivity index (χ0n) is 14.1. The molecule has 0 unspecified atom stereocenters. The van der Waals surface area contributed by atoms with Crippen LogP contribution >= 0.6 is 0 Å². The first-order valence-corrected chi connectivity index (χ1v) is 8.43. The molecular formula is C22H23N. The fraction of sp³-hybridized carbons (Fsp3) is 0.273. The number of rotatable bonds is 1. The summed E-state index contributed by atoms with van der Waals surface area (Å²) in [6.07, 6.45) is 4.57. The van der Waals surface area contributed by atoms with Crippen molar-refractivity contribution >= 4 is 22.6 Å². The molecule has 0 radical (unpaired) electrons. The van der Waals surface area contributed by atoms with E-state index < -0.39 is 0 Å². The van der Waals surface area contributed by atoms with Gasteiger partial charge >= 0.3 is 0 Å². The van der Waals surface area contributed by atoms with Gasteiger partial charge in [-0.2, -0.15) is 0 Å². The van der Waals surface area contributed by atoms with E-state index in [0.717, 1.165) is 12.8 Å². The first kappa shape index (κ1) is 14.3. The van der Waals surface area contributed by atoms with Gasteiger partial charge in [0.05, 0.1) is 0 Å². The molecular weight excluding hydrogens is 278 g/mol. The van der Waals surface area contributed by atoms with Crippen LogP contribution in [0.3, 0.4) is 0 Å². The van der Waals surface area contributed by atoms with E-state index in [2.05, 4.69) is 80.4 Å². The van der Waals surface area contributed by atoms with E-state index in [1.54, 1.807) is 0 Å². The van der Waals surface area contributed by atoms with Crippen molar-refractivity contribution in [3.05, 3.63) is 70.9 Å². The van der Waals surface area contributed by atoms with Crippen LogP contribution in [0.4, 0.5) is 0 Å². The van der Waals surface area contributed by atoms with Crippen LogP contribution in [0.25, 0.3) is 22.6 Å². The number of aryl methyl sites for hydroxylation is 1. The summed E-state index contributed by atoms with van der Waals surface area (Å²) in [5.74, 6) is 0. The Morgan fingerprint density at radius 2 is 1.61 bits per heavy atom. The molecule has 23 heavy (non-hydrogen) atoms. The number of fused-ring (bicyclic) bond motifs is 3. The number of aromatic amines is 1.